The molecule has 1 unspecified atom stereocenters. The quantitative estimate of drug-likeness (QED) is 0.887. The summed E-state index contributed by atoms with van der Waals surface area (Å²) in [6, 6.07) is 3.36. The maximum absolute atomic E-state index is 11.9. The smallest absolute Gasteiger partial charge is 0.321 e. The topological polar surface area (TPSA) is 79.8 Å². The van der Waals surface area contributed by atoms with E-state index in [-0.39, 0.29) is 12.1 Å². The zero-order chi connectivity index (χ0) is 14.4. The minimum Gasteiger partial charge on any atom is -0.331 e. The lowest BCUT2D eigenvalue weighted by molar-refractivity contribution is 0.249. The molecule has 0 radical (unpaired) electrons. The van der Waals surface area contributed by atoms with Crippen LogP contribution in [0.3, 0.4) is 0 Å². The maximum Gasteiger partial charge on any atom is 0.321 e. The normalized spacial score (nSPS) is 11.9. The molecule has 0 bridgehead atoms. The van der Waals surface area contributed by atoms with Gasteiger partial charge >= 0.3 is 6.03 Å². The lowest BCUT2D eigenvalue weighted by Crippen LogP contribution is -2.31. The minimum atomic E-state index is -0.284. The summed E-state index contributed by atoms with van der Waals surface area (Å²) < 4.78 is 0. The van der Waals surface area contributed by atoms with Crippen molar-refractivity contribution < 1.29 is 4.79 Å². The molecule has 2 aromatic heterocycles. The molecule has 2 rings (SSSR count). The Balaban J connectivity index is 1.88. The monoisotopic (exact) mass is 291 g/mol. The van der Waals surface area contributed by atoms with Crippen LogP contribution in [0.15, 0.2) is 24.5 Å². The third-order valence-corrected chi connectivity index (χ3v) is 3.60. The van der Waals surface area contributed by atoms with Gasteiger partial charge in [-0.2, -0.15) is 0 Å². The summed E-state index contributed by atoms with van der Waals surface area (Å²) >= 11 is 1.40. The molecule has 0 aliphatic heterocycles. The van der Waals surface area contributed by atoms with Crippen molar-refractivity contribution in [2.45, 2.75) is 32.7 Å². The Labute approximate surface area is 121 Å². The summed E-state index contributed by atoms with van der Waals surface area (Å²) in [6.45, 7) is 4.00. The molecule has 0 aliphatic carbocycles. The summed E-state index contributed by atoms with van der Waals surface area (Å²) in [6.07, 6.45) is 5.30. The molecule has 7 heteroatoms. The van der Waals surface area contributed by atoms with Gasteiger partial charge in [-0.3, -0.25) is 10.3 Å². The standard InChI is InChI=1S/C13H17N5OS/c1-3-4-11-17-18-13(20-11)16-12(19)15-9(2)10-5-7-14-8-6-10/h5-9H,3-4H2,1-2H3,(H2,15,16,18,19). The second-order valence-corrected chi connectivity index (χ2v) is 5.41. The van der Waals surface area contributed by atoms with Gasteiger partial charge in [-0.15, -0.1) is 10.2 Å². The number of hydrogen-bond acceptors (Lipinski definition) is 5. The van der Waals surface area contributed by atoms with Gasteiger partial charge in [-0.05, 0) is 31.0 Å². The molecule has 106 valence electrons. The number of carbonyl (C=O) groups is 1. The van der Waals surface area contributed by atoms with Crippen LogP contribution >= 0.6 is 11.3 Å². The Hall–Kier alpha value is -2.02. The van der Waals surface area contributed by atoms with Gasteiger partial charge in [-0.1, -0.05) is 18.3 Å². The Morgan fingerprint density at radius 2 is 2.10 bits per heavy atom. The molecule has 2 N–H and O–H groups in total. The summed E-state index contributed by atoms with van der Waals surface area (Å²) in [5, 5.41) is 15.0. The predicted molar refractivity (Wildman–Crippen MR) is 78.7 cm³/mol. The third kappa shape index (κ3) is 3.99. The molecule has 0 saturated carbocycles. The summed E-state index contributed by atoms with van der Waals surface area (Å²) in [5.74, 6) is 0. The van der Waals surface area contributed by atoms with E-state index >= 15 is 0 Å². The maximum atomic E-state index is 11.9. The number of urea groups is 1. The Bertz CT molecular complexity index is 557. The number of aryl methyl sites for hydroxylation is 1. The number of rotatable bonds is 5. The van der Waals surface area contributed by atoms with Gasteiger partial charge in [0.05, 0.1) is 6.04 Å². The predicted octanol–water partition coefficient (Wildman–Crippen LogP) is 2.77. The van der Waals surface area contributed by atoms with Crippen LogP contribution in [0.1, 0.15) is 36.9 Å². The van der Waals surface area contributed by atoms with E-state index in [0.29, 0.717) is 5.13 Å². The summed E-state index contributed by atoms with van der Waals surface area (Å²) in [5.41, 5.74) is 0.999. The third-order valence-electron chi connectivity index (χ3n) is 2.70. The van der Waals surface area contributed by atoms with Gasteiger partial charge in [0.25, 0.3) is 0 Å². The van der Waals surface area contributed by atoms with Crippen LogP contribution in [0.2, 0.25) is 0 Å². The molecule has 0 fully saturated rings. The van der Waals surface area contributed by atoms with E-state index in [9.17, 15) is 4.79 Å². The van der Waals surface area contributed by atoms with Crippen molar-refractivity contribution in [2.75, 3.05) is 5.32 Å². The molecule has 0 aromatic carbocycles. The van der Waals surface area contributed by atoms with E-state index in [1.54, 1.807) is 12.4 Å². The van der Waals surface area contributed by atoms with Gasteiger partial charge < -0.3 is 5.32 Å². The minimum absolute atomic E-state index is 0.0963. The van der Waals surface area contributed by atoms with Crippen molar-refractivity contribution in [2.24, 2.45) is 0 Å². The molecule has 0 spiro atoms. The number of nitrogens with one attached hydrogen (secondary N) is 2. The van der Waals surface area contributed by atoms with E-state index in [0.717, 1.165) is 23.4 Å². The van der Waals surface area contributed by atoms with Crippen LogP contribution in [0.4, 0.5) is 9.93 Å². The number of carbonyl (C=O) groups excluding carboxylic acids is 1. The van der Waals surface area contributed by atoms with Crippen molar-refractivity contribution in [3.8, 4) is 0 Å². The first-order valence-electron chi connectivity index (χ1n) is 6.49. The average Bonchev–Trinajstić information content (AvgIpc) is 2.87. The fraction of sp³-hybridized carbons (Fsp3) is 0.385. The van der Waals surface area contributed by atoms with Crippen LogP contribution in [-0.4, -0.2) is 21.2 Å². The molecule has 0 aliphatic rings. The fourth-order valence-electron chi connectivity index (χ4n) is 1.68. The molecule has 2 amide bonds. The van der Waals surface area contributed by atoms with E-state index in [4.69, 9.17) is 0 Å². The first-order valence-corrected chi connectivity index (χ1v) is 7.30. The number of aromatic nitrogens is 3. The van der Waals surface area contributed by atoms with E-state index in [1.165, 1.54) is 11.3 Å². The molecule has 2 heterocycles. The molecule has 0 saturated heterocycles. The highest BCUT2D eigenvalue weighted by Crippen LogP contribution is 2.17. The van der Waals surface area contributed by atoms with E-state index in [2.05, 4.69) is 32.7 Å². The van der Waals surface area contributed by atoms with Gasteiger partial charge in [0.15, 0.2) is 0 Å². The highest BCUT2D eigenvalue weighted by Gasteiger charge is 2.11. The Morgan fingerprint density at radius 3 is 2.80 bits per heavy atom. The van der Waals surface area contributed by atoms with Gasteiger partial charge in [0.1, 0.15) is 5.01 Å². The highest BCUT2D eigenvalue weighted by atomic mass is 32.1. The van der Waals surface area contributed by atoms with Crippen molar-refractivity contribution in [1.82, 2.24) is 20.5 Å². The lowest BCUT2D eigenvalue weighted by Gasteiger charge is -2.13. The number of hydrogen-bond donors (Lipinski definition) is 2. The van der Waals surface area contributed by atoms with Gasteiger partial charge in [0, 0.05) is 18.8 Å². The first kappa shape index (κ1) is 14.4. The Morgan fingerprint density at radius 1 is 1.35 bits per heavy atom. The van der Waals surface area contributed by atoms with E-state index in [1.807, 2.05) is 19.1 Å². The highest BCUT2D eigenvalue weighted by molar-refractivity contribution is 7.15. The summed E-state index contributed by atoms with van der Waals surface area (Å²) in [7, 11) is 0. The number of nitrogens with zero attached hydrogens (tertiary/aromatic N) is 3. The van der Waals surface area contributed by atoms with Crippen LogP contribution < -0.4 is 10.6 Å². The van der Waals surface area contributed by atoms with Crippen molar-refractivity contribution in [3.63, 3.8) is 0 Å². The zero-order valence-electron chi connectivity index (χ0n) is 11.5. The van der Waals surface area contributed by atoms with Gasteiger partial charge in [-0.25, -0.2) is 4.79 Å². The molecule has 1 atom stereocenters. The molecular formula is C13H17N5OS. The average molecular weight is 291 g/mol. The van der Waals surface area contributed by atoms with Crippen molar-refractivity contribution >= 4 is 22.5 Å². The fourth-order valence-corrected chi connectivity index (χ4v) is 2.52. The zero-order valence-corrected chi connectivity index (χ0v) is 12.3. The van der Waals surface area contributed by atoms with E-state index < -0.39 is 0 Å². The summed E-state index contributed by atoms with van der Waals surface area (Å²) in [4.78, 5) is 15.8. The first-order chi connectivity index (χ1) is 9.69. The second kappa shape index (κ2) is 6.95. The molecule has 2 aromatic rings. The van der Waals surface area contributed by atoms with Crippen molar-refractivity contribution in [1.29, 1.82) is 0 Å². The Kier molecular flexibility index (Phi) is 5.00. The van der Waals surface area contributed by atoms with Gasteiger partial charge in [0.2, 0.25) is 5.13 Å². The number of amides is 2. The largest absolute Gasteiger partial charge is 0.331 e. The molecular weight excluding hydrogens is 274 g/mol. The molecule has 20 heavy (non-hydrogen) atoms. The van der Waals surface area contributed by atoms with Crippen LogP contribution in [0, 0.1) is 0 Å². The second-order valence-electron chi connectivity index (χ2n) is 4.35. The van der Waals surface area contributed by atoms with Crippen LogP contribution in [0.25, 0.3) is 0 Å². The van der Waals surface area contributed by atoms with Crippen LogP contribution in [0.5, 0.6) is 0 Å². The lowest BCUT2D eigenvalue weighted by atomic mass is 10.1. The molecule has 6 nitrogen and oxygen atoms in total. The SMILES string of the molecule is CCCc1nnc(NC(=O)NC(C)c2ccncc2)s1. The number of pyridine rings is 1. The van der Waals surface area contributed by atoms with Crippen LogP contribution in [-0.2, 0) is 6.42 Å². The number of anilines is 1. The van der Waals surface area contributed by atoms with Crippen molar-refractivity contribution in [3.05, 3.63) is 35.1 Å².